The van der Waals surface area contributed by atoms with E-state index in [4.69, 9.17) is 5.73 Å². The first-order chi connectivity index (χ1) is 9.18. The van der Waals surface area contributed by atoms with Crippen molar-refractivity contribution >= 4 is 11.5 Å². The maximum Gasteiger partial charge on any atom is 0.162 e. The van der Waals surface area contributed by atoms with Gasteiger partial charge in [-0.3, -0.25) is 4.90 Å². The second-order valence-corrected chi connectivity index (χ2v) is 5.55. The van der Waals surface area contributed by atoms with Crippen LogP contribution in [-0.4, -0.2) is 32.1 Å². The van der Waals surface area contributed by atoms with Gasteiger partial charge in [-0.15, -0.1) is 0 Å². The summed E-state index contributed by atoms with van der Waals surface area (Å²) in [5, 5.41) is 4.39. The minimum absolute atomic E-state index is 0.417. The molecule has 2 N–H and O–H groups in total. The fraction of sp³-hybridized carbons (Fsp3) is 0.571. The Kier molecular flexibility index (Phi) is 3.14. The van der Waals surface area contributed by atoms with Gasteiger partial charge in [-0.1, -0.05) is 6.42 Å². The number of nitrogen functional groups attached to an aromatic ring is 1. The third-order valence-corrected chi connectivity index (χ3v) is 4.02. The zero-order chi connectivity index (χ0) is 13.4. The van der Waals surface area contributed by atoms with E-state index in [-0.39, 0.29) is 0 Å². The molecule has 5 nitrogen and oxygen atoms in total. The summed E-state index contributed by atoms with van der Waals surface area (Å²) in [7, 11) is 0. The van der Waals surface area contributed by atoms with Crippen LogP contribution in [0.25, 0.3) is 5.65 Å². The predicted molar refractivity (Wildman–Crippen MR) is 75.8 cm³/mol. The Labute approximate surface area is 113 Å². The van der Waals surface area contributed by atoms with Crippen LogP contribution in [-0.2, 0) is 0 Å². The molecule has 0 spiro atoms. The van der Waals surface area contributed by atoms with Gasteiger partial charge in [0.1, 0.15) is 5.82 Å². The van der Waals surface area contributed by atoms with Gasteiger partial charge in [0, 0.05) is 23.8 Å². The molecule has 0 saturated carbocycles. The Morgan fingerprint density at radius 1 is 1.37 bits per heavy atom. The van der Waals surface area contributed by atoms with E-state index in [9.17, 15) is 0 Å². The minimum atomic E-state index is 0.417. The lowest BCUT2D eigenvalue weighted by Crippen LogP contribution is -2.38. The number of likely N-dealkylation sites (tertiary alicyclic amines) is 1. The molecule has 0 aliphatic carbocycles. The first-order valence-electron chi connectivity index (χ1n) is 7.02. The Morgan fingerprint density at radius 3 is 3.00 bits per heavy atom. The molecule has 0 amide bonds. The van der Waals surface area contributed by atoms with Crippen molar-refractivity contribution in [3.8, 4) is 0 Å². The van der Waals surface area contributed by atoms with Crippen LogP contribution in [0.1, 0.15) is 44.7 Å². The first kappa shape index (κ1) is 12.4. The zero-order valence-electron chi connectivity index (χ0n) is 11.6. The second-order valence-electron chi connectivity index (χ2n) is 5.55. The van der Waals surface area contributed by atoms with Crippen molar-refractivity contribution in [2.75, 3.05) is 12.3 Å². The van der Waals surface area contributed by atoms with Crippen LogP contribution in [0.4, 0.5) is 5.82 Å². The molecule has 0 bridgehead atoms. The number of anilines is 1. The van der Waals surface area contributed by atoms with Crippen LogP contribution in [0.2, 0.25) is 0 Å². The molecular weight excluding hydrogens is 238 g/mol. The number of piperidine rings is 1. The lowest BCUT2D eigenvalue weighted by molar-refractivity contribution is 0.113. The highest BCUT2D eigenvalue weighted by molar-refractivity contribution is 5.52. The summed E-state index contributed by atoms with van der Waals surface area (Å²) >= 11 is 0. The minimum Gasteiger partial charge on any atom is -0.384 e. The van der Waals surface area contributed by atoms with E-state index in [0.717, 1.165) is 12.2 Å². The summed E-state index contributed by atoms with van der Waals surface area (Å²) in [6, 6.07) is 2.74. The van der Waals surface area contributed by atoms with Crippen LogP contribution in [0.15, 0.2) is 18.5 Å². The van der Waals surface area contributed by atoms with Gasteiger partial charge in [-0.05, 0) is 39.3 Å². The van der Waals surface area contributed by atoms with Gasteiger partial charge in [-0.25, -0.2) is 4.98 Å². The normalized spacial score (nSPS) is 21.3. The van der Waals surface area contributed by atoms with Crippen LogP contribution in [0, 0.1) is 0 Å². The maximum absolute atomic E-state index is 5.94. The highest BCUT2D eigenvalue weighted by Gasteiger charge is 2.28. The van der Waals surface area contributed by atoms with E-state index in [1.54, 1.807) is 16.8 Å². The molecule has 3 heterocycles. The molecule has 3 rings (SSSR count). The van der Waals surface area contributed by atoms with E-state index in [1.165, 1.54) is 24.8 Å². The average Bonchev–Trinajstić information content (AvgIpc) is 2.84. The van der Waals surface area contributed by atoms with Crippen LogP contribution in [0.5, 0.6) is 0 Å². The number of aromatic nitrogens is 3. The van der Waals surface area contributed by atoms with Crippen molar-refractivity contribution in [2.24, 2.45) is 0 Å². The molecule has 0 radical (unpaired) electrons. The van der Waals surface area contributed by atoms with E-state index in [2.05, 4.69) is 28.8 Å². The fourth-order valence-corrected chi connectivity index (χ4v) is 3.07. The number of nitrogens with two attached hydrogens (primary N) is 1. The van der Waals surface area contributed by atoms with Gasteiger partial charge in [0.25, 0.3) is 0 Å². The molecule has 1 unspecified atom stereocenters. The van der Waals surface area contributed by atoms with E-state index < -0.39 is 0 Å². The summed E-state index contributed by atoms with van der Waals surface area (Å²) in [6.45, 7) is 5.67. The van der Waals surface area contributed by atoms with Gasteiger partial charge in [0.2, 0.25) is 0 Å². The molecule has 0 aromatic carbocycles. The van der Waals surface area contributed by atoms with Crippen molar-refractivity contribution in [3.63, 3.8) is 0 Å². The highest BCUT2D eigenvalue weighted by atomic mass is 15.3. The van der Waals surface area contributed by atoms with Crippen molar-refractivity contribution in [1.29, 1.82) is 0 Å². The zero-order valence-corrected chi connectivity index (χ0v) is 11.6. The smallest absolute Gasteiger partial charge is 0.162 e. The molecule has 2 aromatic rings. The summed E-state index contributed by atoms with van der Waals surface area (Å²) in [5.74, 6) is 0.642. The number of fused-ring (bicyclic) bond motifs is 1. The van der Waals surface area contributed by atoms with Crippen molar-refractivity contribution in [2.45, 2.75) is 45.2 Å². The molecule has 1 aliphatic rings. The van der Waals surface area contributed by atoms with Gasteiger partial charge < -0.3 is 5.73 Å². The molecule has 1 saturated heterocycles. The number of hydrogen-bond donors (Lipinski definition) is 1. The number of rotatable bonds is 2. The summed E-state index contributed by atoms with van der Waals surface area (Å²) in [5.41, 5.74) is 8.05. The fourth-order valence-electron chi connectivity index (χ4n) is 3.07. The molecule has 19 heavy (non-hydrogen) atoms. The molecule has 1 aliphatic heterocycles. The lowest BCUT2D eigenvalue weighted by Gasteiger charge is -2.38. The second kappa shape index (κ2) is 4.81. The Morgan fingerprint density at radius 2 is 2.21 bits per heavy atom. The van der Waals surface area contributed by atoms with E-state index >= 15 is 0 Å². The van der Waals surface area contributed by atoms with Crippen LogP contribution < -0.4 is 5.73 Å². The largest absolute Gasteiger partial charge is 0.384 e. The molecule has 102 valence electrons. The van der Waals surface area contributed by atoms with E-state index in [0.29, 0.717) is 17.9 Å². The molecular formula is C14H21N5. The predicted octanol–water partition coefficient (Wildman–Crippen LogP) is 2.25. The van der Waals surface area contributed by atoms with Crippen LogP contribution in [0.3, 0.4) is 0 Å². The van der Waals surface area contributed by atoms with Crippen molar-refractivity contribution < 1.29 is 0 Å². The molecule has 1 fully saturated rings. The standard InChI is InChI=1S/C14H21N5/c1-10(2)18-8-4-3-5-12(18)11-9-17-19-13(15)6-7-16-14(11)19/h6-7,9-10,12H,3-5,8,15H2,1-2H3. The maximum atomic E-state index is 5.94. The Bertz CT molecular complexity index is 574. The molecule has 5 heteroatoms. The summed E-state index contributed by atoms with van der Waals surface area (Å²) < 4.78 is 1.74. The van der Waals surface area contributed by atoms with Crippen molar-refractivity contribution in [3.05, 3.63) is 24.0 Å². The number of hydrogen-bond acceptors (Lipinski definition) is 4. The molecule has 2 aromatic heterocycles. The summed E-state index contributed by atoms with van der Waals surface area (Å²) in [4.78, 5) is 7.01. The first-order valence-corrected chi connectivity index (χ1v) is 7.02. The van der Waals surface area contributed by atoms with Gasteiger partial charge in [0.05, 0.1) is 6.20 Å². The Balaban J connectivity index is 2.05. The van der Waals surface area contributed by atoms with E-state index in [1.807, 2.05) is 6.20 Å². The van der Waals surface area contributed by atoms with Gasteiger partial charge in [0.15, 0.2) is 5.65 Å². The van der Waals surface area contributed by atoms with Gasteiger partial charge >= 0.3 is 0 Å². The van der Waals surface area contributed by atoms with Crippen LogP contribution >= 0.6 is 0 Å². The number of nitrogens with zero attached hydrogens (tertiary/aromatic N) is 4. The monoisotopic (exact) mass is 259 g/mol. The summed E-state index contributed by atoms with van der Waals surface area (Å²) in [6.07, 6.45) is 7.43. The quantitative estimate of drug-likeness (QED) is 0.898. The third kappa shape index (κ3) is 2.08. The van der Waals surface area contributed by atoms with Gasteiger partial charge in [-0.2, -0.15) is 9.61 Å². The third-order valence-electron chi connectivity index (χ3n) is 4.02. The average molecular weight is 259 g/mol. The molecule has 1 atom stereocenters. The lowest BCUT2D eigenvalue weighted by atomic mass is 9.95. The SMILES string of the molecule is CC(C)N1CCCCC1c1cnn2c(N)ccnc12. The van der Waals surface area contributed by atoms with Crippen molar-refractivity contribution in [1.82, 2.24) is 19.5 Å². The Hall–Kier alpha value is -1.62. The topological polar surface area (TPSA) is 59.5 Å². The highest BCUT2D eigenvalue weighted by Crippen LogP contribution is 2.34.